The van der Waals surface area contributed by atoms with Crippen molar-refractivity contribution in [1.82, 2.24) is 10.1 Å². The molecule has 1 unspecified atom stereocenters. The summed E-state index contributed by atoms with van der Waals surface area (Å²) >= 11 is 1.33. The van der Waals surface area contributed by atoms with Crippen molar-refractivity contribution in [2.24, 2.45) is 5.73 Å². The van der Waals surface area contributed by atoms with Gasteiger partial charge >= 0.3 is 0 Å². The number of aromatic nitrogens is 2. The summed E-state index contributed by atoms with van der Waals surface area (Å²) < 4.78 is 18.6. The predicted octanol–water partition coefficient (Wildman–Crippen LogP) is 3.08. The van der Waals surface area contributed by atoms with Gasteiger partial charge in [-0.3, -0.25) is 0 Å². The Morgan fingerprint density at radius 1 is 1.42 bits per heavy atom. The molecule has 0 bridgehead atoms. The highest BCUT2D eigenvalue weighted by Gasteiger charge is 2.26. The third-order valence-corrected chi connectivity index (χ3v) is 3.93. The second-order valence-corrected chi connectivity index (χ2v) is 5.52. The van der Waals surface area contributed by atoms with Crippen molar-refractivity contribution in [2.45, 2.75) is 36.5 Å². The largest absolute Gasteiger partial charge is 0.337 e. The van der Waals surface area contributed by atoms with Crippen LogP contribution in [0.5, 0.6) is 0 Å². The number of thioether (sulfide) groups is 1. The van der Waals surface area contributed by atoms with Gasteiger partial charge in [-0.05, 0) is 25.5 Å². The molecule has 19 heavy (non-hydrogen) atoms. The van der Waals surface area contributed by atoms with Gasteiger partial charge < -0.3 is 10.3 Å². The smallest absolute Gasteiger partial charge is 0.246 e. The van der Waals surface area contributed by atoms with Gasteiger partial charge in [0.05, 0.1) is 11.3 Å². The quantitative estimate of drug-likeness (QED) is 0.853. The Balaban J connectivity index is 2.03. The highest BCUT2D eigenvalue weighted by atomic mass is 32.2. The topological polar surface area (TPSA) is 64.9 Å². The lowest BCUT2D eigenvalue weighted by Gasteiger charge is -2.16. The van der Waals surface area contributed by atoms with E-state index in [4.69, 9.17) is 10.3 Å². The van der Waals surface area contributed by atoms with Crippen molar-refractivity contribution >= 4 is 11.8 Å². The zero-order chi connectivity index (χ0) is 13.9. The molecule has 0 aliphatic heterocycles. The summed E-state index contributed by atoms with van der Waals surface area (Å²) in [4.78, 5) is 4.82. The van der Waals surface area contributed by atoms with E-state index in [1.165, 1.54) is 17.8 Å². The van der Waals surface area contributed by atoms with E-state index in [9.17, 15) is 4.39 Å². The standard InChI is InChI=1S/C13H16FN3OS/c1-3-13(2,15)12-16-11(17-18-12)8-19-10-7-5-4-6-9(10)14/h4-7H,3,8,15H2,1-2H3. The first-order valence-electron chi connectivity index (χ1n) is 6.02. The van der Waals surface area contributed by atoms with Gasteiger partial charge in [0, 0.05) is 4.90 Å². The first-order chi connectivity index (χ1) is 9.03. The highest BCUT2D eigenvalue weighted by Crippen LogP contribution is 2.25. The second-order valence-electron chi connectivity index (χ2n) is 4.51. The lowest BCUT2D eigenvalue weighted by Crippen LogP contribution is -2.32. The average Bonchev–Trinajstić information content (AvgIpc) is 2.87. The molecule has 0 saturated carbocycles. The summed E-state index contributed by atoms with van der Waals surface area (Å²) in [5.41, 5.74) is 5.40. The van der Waals surface area contributed by atoms with Crippen LogP contribution in [0.15, 0.2) is 33.7 Å². The van der Waals surface area contributed by atoms with Crippen LogP contribution >= 0.6 is 11.8 Å². The Hall–Kier alpha value is -1.40. The Morgan fingerprint density at radius 3 is 2.84 bits per heavy atom. The first-order valence-corrected chi connectivity index (χ1v) is 7.01. The van der Waals surface area contributed by atoms with E-state index in [1.54, 1.807) is 18.2 Å². The van der Waals surface area contributed by atoms with E-state index in [1.807, 2.05) is 13.8 Å². The number of hydrogen-bond acceptors (Lipinski definition) is 5. The fraction of sp³-hybridized carbons (Fsp3) is 0.385. The van der Waals surface area contributed by atoms with Crippen LogP contribution in [0, 0.1) is 5.82 Å². The van der Waals surface area contributed by atoms with Crippen molar-refractivity contribution in [1.29, 1.82) is 0 Å². The van der Waals surface area contributed by atoms with Crippen LogP contribution in [0.3, 0.4) is 0 Å². The van der Waals surface area contributed by atoms with Crippen molar-refractivity contribution in [3.05, 3.63) is 41.8 Å². The van der Waals surface area contributed by atoms with Gasteiger partial charge in [0.25, 0.3) is 0 Å². The number of benzene rings is 1. The summed E-state index contributed by atoms with van der Waals surface area (Å²) in [6.07, 6.45) is 0.703. The molecule has 0 fully saturated rings. The highest BCUT2D eigenvalue weighted by molar-refractivity contribution is 7.98. The molecule has 0 amide bonds. The zero-order valence-corrected chi connectivity index (χ0v) is 11.7. The fourth-order valence-electron chi connectivity index (χ4n) is 1.40. The molecule has 1 heterocycles. The summed E-state index contributed by atoms with van der Waals surface area (Å²) in [6.45, 7) is 3.80. The maximum atomic E-state index is 13.4. The van der Waals surface area contributed by atoms with Crippen molar-refractivity contribution in [3.63, 3.8) is 0 Å². The molecule has 1 atom stereocenters. The minimum absolute atomic E-state index is 0.242. The SMILES string of the molecule is CCC(C)(N)c1nc(CSc2ccccc2F)no1. The predicted molar refractivity (Wildman–Crippen MR) is 72.1 cm³/mol. The number of nitrogens with two attached hydrogens (primary N) is 1. The number of rotatable bonds is 5. The van der Waals surface area contributed by atoms with Gasteiger partial charge in [-0.15, -0.1) is 11.8 Å². The minimum atomic E-state index is -0.617. The number of hydrogen-bond donors (Lipinski definition) is 1. The number of nitrogens with zero attached hydrogens (tertiary/aromatic N) is 2. The summed E-state index contributed by atoms with van der Waals surface area (Å²) in [6, 6.07) is 6.60. The van der Waals surface area contributed by atoms with E-state index in [0.29, 0.717) is 28.8 Å². The maximum Gasteiger partial charge on any atom is 0.246 e. The lowest BCUT2D eigenvalue weighted by molar-refractivity contribution is 0.290. The molecule has 1 aromatic carbocycles. The summed E-state index contributed by atoms with van der Waals surface area (Å²) in [5, 5.41) is 3.87. The second kappa shape index (κ2) is 5.71. The van der Waals surface area contributed by atoms with E-state index in [2.05, 4.69) is 10.1 Å². The van der Waals surface area contributed by atoms with Crippen LogP contribution < -0.4 is 5.73 Å². The fourth-order valence-corrected chi connectivity index (χ4v) is 2.18. The van der Waals surface area contributed by atoms with Gasteiger partial charge in [-0.1, -0.05) is 24.2 Å². The molecule has 0 aliphatic carbocycles. The molecule has 2 N–H and O–H groups in total. The normalized spacial score (nSPS) is 14.3. The Kier molecular flexibility index (Phi) is 4.21. The molecule has 0 radical (unpaired) electrons. The van der Waals surface area contributed by atoms with Gasteiger partial charge in [-0.25, -0.2) is 4.39 Å². The Labute approximate surface area is 115 Å². The van der Waals surface area contributed by atoms with Gasteiger partial charge in [0.15, 0.2) is 5.82 Å². The molecule has 2 aromatic rings. The third kappa shape index (κ3) is 3.33. The Bertz CT molecular complexity index is 556. The molecule has 4 nitrogen and oxygen atoms in total. The maximum absolute atomic E-state index is 13.4. The molecule has 0 spiro atoms. The van der Waals surface area contributed by atoms with Crippen molar-refractivity contribution in [3.8, 4) is 0 Å². The van der Waals surface area contributed by atoms with E-state index >= 15 is 0 Å². The summed E-state index contributed by atoms with van der Waals surface area (Å²) in [5.74, 6) is 1.14. The van der Waals surface area contributed by atoms with Crippen LogP contribution in [0.25, 0.3) is 0 Å². The van der Waals surface area contributed by atoms with Crippen LogP contribution in [-0.4, -0.2) is 10.1 Å². The van der Waals surface area contributed by atoms with Crippen molar-refractivity contribution < 1.29 is 8.91 Å². The molecule has 102 valence electrons. The van der Waals surface area contributed by atoms with Gasteiger partial charge in [0.1, 0.15) is 5.82 Å². The Morgan fingerprint density at radius 2 is 2.16 bits per heavy atom. The molecular formula is C13H16FN3OS. The molecule has 1 aromatic heterocycles. The average molecular weight is 281 g/mol. The molecule has 0 saturated heterocycles. The van der Waals surface area contributed by atoms with Crippen LogP contribution in [0.2, 0.25) is 0 Å². The van der Waals surface area contributed by atoms with E-state index < -0.39 is 5.54 Å². The summed E-state index contributed by atoms with van der Waals surface area (Å²) in [7, 11) is 0. The van der Waals surface area contributed by atoms with Gasteiger partial charge in [0.2, 0.25) is 5.89 Å². The van der Waals surface area contributed by atoms with Crippen LogP contribution in [-0.2, 0) is 11.3 Å². The zero-order valence-electron chi connectivity index (χ0n) is 10.9. The van der Waals surface area contributed by atoms with E-state index in [0.717, 1.165) is 0 Å². The van der Waals surface area contributed by atoms with Crippen LogP contribution in [0.4, 0.5) is 4.39 Å². The third-order valence-electron chi connectivity index (χ3n) is 2.88. The van der Waals surface area contributed by atoms with E-state index in [-0.39, 0.29) is 5.82 Å². The minimum Gasteiger partial charge on any atom is -0.337 e. The lowest BCUT2D eigenvalue weighted by atomic mass is 10.0. The molecule has 2 rings (SSSR count). The molecule has 0 aliphatic rings. The number of halogens is 1. The van der Waals surface area contributed by atoms with Gasteiger partial charge in [-0.2, -0.15) is 4.98 Å². The van der Waals surface area contributed by atoms with Crippen LogP contribution in [0.1, 0.15) is 32.0 Å². The monoisotopic (exact) mass is 281 g/mol. The molecular weight excluding hydrogens is 265 g/mol. The first kappa shape index (κ1) is 14.0. The molecule has 6 heteroatoms. The van der Waals surface area contributed by atoms with Crippen molar-refractivity contribution in [2.75, 3.05) is 0 Å².